The molecule has 0 aliphatic carbocycles. The van der Waals surface area contributed by atoms with Gasteiger partial charge in [-0.25, -0.2) is 24.4 Å². The first-order valence-corrected chi connectivity index (χ1v) is 5.60. The van der Waals surface area contributed by atoms with Gasteiger partial charge in [0.25, 0.3) is 0 Å². The fraction of sp³-hybridized carbons (Fsp3) is 0.0769. The van der Waals surface area contributed by atoms with Crippen LogP contribution in [-0.4, -0.2) is 14.8 Å². The zero-order valence-corrected chi connectivity index (χ0v) is 9.51. The van der Waals surface area contributed by atoms with E-state index in [1.165, 1.54) is 0 Å². The Labute approximate surface area is 102 Å². The molecule has 0 atom stereocenters. The molecule has 0 aliphatic rings. The number of aromatic nitrogens is 3. The molecular formula is C13H11N3O2. The average Bonchev–Trinajstić information content (AvgIpc) is 2.71. The third-order valence-electron chi connectivity index (χ3n) is 2.98. The highest BCUT2D eigenvalue weighted by atomic mass is 16.2. The SMILES string of the molecule is O=c1[nH][nH]c(=O)n1Cc1cccc2ccccc12. The Morgan fingerprint density at radius 3 is 2.33 bits per heavy atom. The second kappa shape index (κ2) is 4.03. The Kier molecular flexibility index (Phi) is 2.37. The number of nitrogens with zero attached hydrogens (tertiary/aromatic N) is 1. The second-order valence-corrected chi connectivity index (χ2v) is 4.08. The van der Waals surface area contributed by atoms with E-state index < -0.39 is 11.4 Å². The summed E-state index contributed by atoms with van der Waals surface area (Å²) in [6.07, 6.45) is 0. The Balaban J connectivity index is 2.16. The van der Waals surface area contributed by atoms with Gasteiger partial charge in [-0.2, -0.15) is 0 Å². The van der Waals surface area contributed by atoms with Crippen molar-refractivity contribution in [1.82, 2.24) is 14.8 Å². The lowest BCUT2D eigenvalue weighted by atomic mass is 10.0. The maximum Gasteiger partial charge on any atom is 0.344 e. The van der Waals surface area contributed by atoms with Gasteiger partial charge < -0.3 is 0 Å². The topological polar surface area (TPSA) is 70.7 Å². The van der Waals surface area contributed by atoms with Gasteiger partial charge in [-0.15, -0.1) is 0 Å². The minimum Gasteiger partial charge on any atom is -0.247 e. The molecular weight excluding hydrogens is 230 g/mol. The highest BCUT2D eigenvalue weighted by molar-refractivity contribution is 5.85. The highest BCUT2D eigenvalue weighted by Crippen LogP contribution is 2.18. The van der Waals surface area contributed by atoms with E-state index in [2.05, 4.69) is 10.2 Å². The minimum absolute atomic E-state index is 0.263. The van der Waals surface area contributed by atoms with Gasteiger partial charge in [0.1, 0.15) is 0 Å². The van der Waals surface area contributed by atoms with Crippen LogP contribution in [0.2, 0.25) is 0 Å². The lowest BCUT2D eigenvalue weighted by Gasteiger charge is -2.05. The van der Waals surface area contributed by atoms with E-state index in [1.54, 1.807) is 0 Å². The molecule has 0 spiro atoms. The van der Waals surface area contributed by atoms with Crippen molar-refractivity contribution in [2.45, 2.75) is 6.54 Å². The average molecular weight is 241 g/mol. The Hall–Kier alpha value is -2.56. The third-order valence-corrected chi connectivity index (χ3v) is 2.98. The van der Waals surface area contributed by atoms with E-state index >= 15 is 0 Å². The first-order chi connectivity index (χ1) is 8.75. The highest BCUT2D eigenvalue weighted by Gasteiger charge is 2.06. The van der Waals surface area contributed by atoms with Crippen LogP contribution in [0.3, 0.4) is 0 Å². The molecule has 0 bridgehead atoms. The van der Waals surface area contributed by atoms with Crippen LogP contribution in [0.1, 0.15) is 5.56 Å². The molecule has 0 radical (unpaired) electrons. The molecule has 2 N–H and O–H groups in total. The van der Waals surface area contributed by atoms with Gasteiger partial charge in [0.05, 0.1) is 6.54 Å². The number of hydrogen-bond donors (Lipinski definition) is 2. The van der Waals surface area contributed by atoms with E-state index in [4.69, 9.17) is 0 Å². The van der Waals surface area contributed by atoms with E-state index in [9.17, 15) is 9.59 Å². The molecule has 3 rings (SSSR count). The molecule has 1 aromatic heterocycles. The summed E-state index contributed by atoms with van der Waals surface area (Å²) in [5, 5.41) is 6.69. The Morgan fingerprint density at radius 1 is 0.889 bits per heavy atom. The summed E-state index contributed by atoms with van der Waals surface area (Å²) < 4.78 is 1.14. The number of benzene rings is 2. The van der Waals surface area contributed by atoms with Crippen LogP contribution in [0.4, 0.5) is 0 Å². The molecule has 90 valence electrons. The smallest absolute Gasteiger partial charge is 0.247 e. The van der Waals surface area contributed by atoms with Crippen LogP contribution in [-0.2, 0) is 6.54 Å². The van der Waals surface area contributed by atoms with Crippen LogP contribution in [0.15, 0.2) is 52.1 Å². The molecule has 0 aliphatic heterocycles. The predicted octanol–water partition coefficient (Wildman–Crippen LogP) is 1.07. The summed E-state index contributed by atoms with van der Waals surface area (Å²) >= 11 is 0. The second-order valence-electron chi connectivity index (χ2n) is 4.08. The van der Waals surface area contributed by atoms with Gasteiger partial charge in [0, 0.05) is 0 Å². The van der Waals surface area contributed by atoms with E-state index in [1.807, 2.05) is 42.5 Å². The van der Waals surface area contributed by atoms with Crippen molar-refractivity contribution >= 4 is 10.8 Å². The Morgan fingerprint density at radius 2 is 1.56 bits per heavy atom. The Bertz CT molecular complexity index is 778. The lowest BCUT2D eigenvalue weighted by molar-refractivity contribution is 0.737. The molecule has 3 aromatic rings. The summed E-state index contributed by atoms with van der Waals surface area (Å²) in [5.41, 5.74) is 0.0983. The number of H-pyrrole nitrogens is 2. The molecule has 1 heterocycles. The van der Waals surface area contributed by atoms with Gasteiger partial charge in [0.2, 0.25) is 0 Å². The normalized spacial score (nSPS) is 10.9. The first kappa shape index (κ1) is 10.6. The number of hydrogen-bond acceptors (Lipinski definition) is 2. The van der Waals surface area contributed by atoms with Crippen molar-refractivity contribution in [1.29, 1.82) is 0 Å². The molecule has 0 saturated heterocycles. The van der Waals surface area contributed by atoms with E-state index in [0.29, 0.717) is 0 Å². The zero-order chi connectivity index (χ0) is 12.5. The van der Waals surface area contributed by atoms with Crippen LogP contribution >= 0.6 is 0 Å². The van der Waals surface area contributed by atoms with E-state index in [0.717, 1.165) is 20.9 Å². The third kappa shape index (κ3) is 1.66. The molecule has 0 fully saturated rings. The number of fused-ring (bicyclic) bond motifs is 1. The predicted molar refractivity (Wildman–Crippen MR) is 68.7 cm³/mol. The van der Waals surface area contributed by atoms with Crippen LogP contribution in [0.5, 0.6) is 0 Å². The van der Waals surface area contributed by atoms with E-state index in [-0.39, 0.29) is 6.54 Å². The number of nitrogens with one attached hydrogen (secondary N) is 2. The monoisotopic (exact) mass is 241 g/mol. The fourth-order valence-electron chi connectivity index (χ4n) is 2.08. The molecule has 0 saturated carbocycles. The first-order valence-electron chi connectivity index (χ1n) is 5.60. The van der Waals surface area contributed by atoms with Crippen molar-refractivity contribution < 1.29 is 0 Å². The fourth-order valence-corrected chi connectivity index (χ4v) is 2.08. The quantitative estimate of drug-likeness (QED) is 0.704. The molecule has 18 heavy (non-hydrogen) atoms. The molecule has 5 nitrogen and oxygen atoms in total. The van der Waals surface area contributed by atoms with Crippen LogP contribution < -0.4 is 11.4 Å². The van der Waals surface area contributed by atoms with Crippen molar-refractivity contribution in [3.05, 3.63) is 69.0 Å². The number of aromatic amines is 2. The molecule has 0 unspecified atom stereocenters. The number of rotatable bonds is 2. The summed E-state index contributed by atoms with van der Waals surface area (Å²) in [6, 6.07) is 13.7. The zero-order valence-electron chi connectivity index (χ0n) is 9.51. The van der Waals surface area contributed by atoms with Crippen molar-refractivity contribution in [3.8, 4) is 0 Å². The maximum atomic E-state index is 11.5. The van der Waals surface area contributed by atoms with Crippen LogP contribution in [0, 0.1) is 0 Å². The summed E-state index contributed by atoms with van der Waals surface area (Å²) in [5.74, 6) is 0. The lowest BCUT2D eigenvalue weighted by Crippen LogP contribution is -2.27. The largest absolute Gasteiger partial charge is 0.344 e. The standard InChI is InChI=1S/C13H11N3O2/c17-12-14-15-13(18)16(12)8-10-6-3-5-9-4-1-2-7-11(9)10/h1-7H,8H2,(H,14,17)(H,15,18). The van der Waals surface area contributed by atoms with Crippen molar-refractivity contribution in [2.24, 2.45) is 0 Å². The van der Waals surface area contributed by atoms with Crippen molar-refractivity contribution in [2.75, 3.05) is 0 Å². The van der Waals surface area contributed by atoms with Gasteiger partial charge in [-0.05, 0) is 16.3 Å². The molecule has 2 aromatic carbocycles. The summed E-state index contributed by atoms with van der Waals surface area (Å²) in [6.45, 7) is 0.263. The van der Waals surface area contributed by atoms with Crippen LogP contribution in [0.25, 0.3) is 10.8 Å². The summed E-state index contributed by atoms with van der Waals surface area (Å²) in [7, 11) is 0. The summed E-state index contributed by atoms with van der Waals surface area (Å²) in [4.78, 5) is 22.9. The minimum atomic E-state index is -0.423. The van der Waals surface area contributed by atoms with Gasteiger partial charge >= 0.3 is 11.4 Å². The van der Waals surface area contributed by atoms with Gasteiger partial charge in [-0.3, -0.25) is 0 Å². The molecule has 5 heteroatoms. The van der Waals surface area contributed by atoms with Gasteiger partial charge in [0.15, 0.2) is 0 Å². The van der Waals surface area contributed by atoms with Crippen molar-refractivity contribution in [3.63, 3.8) is 0 Å². The molecule has 0 amide bonds. The van der Waals surface area contributed by atoms with Gasteiger partial charge in [-0.1, -0.05) is 42.5 Å². The maximum absolute atomic E-state index is 11.5.